The van der Waals surface area contributed by atoms with Crippen LogP contribution in [0.15, 0.2) is 36.9 Å². The van der Waals surface area contributed by atoms with Gasteiger partial charge in [-0.15, -0.1) is 18.3 Å². The Bertz CT molecular complexity index is 789. The van der Waals surface area contributed by atoms with Crippen molar-refractivity contribution in [3.63, 3.8) is 0 Å². The molecule has 2 aliphatic rings. The molecule has 2 heterocycles. The van der Waals surface area contributed by atoms with Crippen molar-refractivity contribution in [2.24, 2.45) is 0 Å². The summed E-state index contributed by atoms with van der Waals surface area (Å²) in [5, 5.41) is 11.9. The molecule has 6 nitrogen and oxygen atoms in total. The molecular weight excluding hydrogens is 352 g/mol. The van der Waals surface area contributed by atoms with Gasteiger partial charge in [0.1, 0.15) is 17.0 Å². The molecule has 0 radical (unpaired) electrons. The van der Waals surface area contributed by atoms with E-state index in [1.807, 2.05) is 26.0 Å². The topological polar surface area (TPSA) is 86.7 Å². The molecule has 2 fully saturated rings. The molecule has 1 aromatic rings. The molecule has 138 valence electrons. The zero-order valence-corrected chi connectivity index (χ0v) is 15.8. The number of rotatable bonds is 5. The lowest BCUT2D eigenvalue weighted by atomic mass is 9.86. The summed E-state index contributed by atoms with van der Waals surface area (Å²) in [5.74, 6) is -1.73. The molecule has 0 bridgehead atoms. The first-order valence-electron chi connectivity index (χ1n) is 8.37. The van der Waals surface area contributed by atoms with Crippen LogP contribution in [-0.4, -0.2) is 49.5 Å². The summed E-state index contributed by atoms with van der Waals surface area (Å²) in [6.45, 7) is 8.96. The second kappa shape index (κ2) is 6.16. The third-order valence-corrected chi connectivity index (χ3v) is 6.73. The molecule has 2 N–H and O–H groups in total. The molecule has 26 heavy (non-hydrogen) atoms. The lowest BCUT2D eigenvalue weighted by molar-refractivity contribution is -0.165. The minimum absolute atomic E-state index is 0.345. The summed E-state index contributed by atoms with van der Waals surface area (Å²) in [4.78, 5) is 38.3. The Labute approximate surface area is 156 Å². The van der Waals surface area contributed by atoms with Crippen molar-refractivity contribution in [1.82, 2.24) is 10.2 Å². The highest BCUT2D eigenvalue weighted by Crippen LogP contribution is 2.54. The fraction of sp³-hybridized carbons (Fsp3) is 0.421. The highest BCUT2D eigenvalue weighted by molar-refractivity contribution is 8.01. The first-order chi connectivity index (χ1) is 12.1. The van der Waals surface area contributed by atoms with E-state index in [9.17, 15) is 19.5 Å². The molecule has 0 aromatic heterocycles. The third-order valence-electron chi connectivity index (χ3n) is 4.98. The fourth-order valence-electron chi connectivity index (χ4n) is 3.61. The molecule has 1 aromatic carbocycles. The van der Waals surface area contributed by atoms with Crippen LogP contribution in [0.25, 0.3) is 0 Å². The van der Waals surface area contributed by atoms with Crippen molar-refractivity contribution >= 4 is 29.5 Å². The maximum absolute atomic E-state index is 12.7. The summed E-state index contributed by atoms with van der Waals surface area (Å²) >= 11 is 1.41. The normalized spacial score (nSPS) is 28.9. The number of fused-ring (bicyclic) bond motifs is 1. The van der Waals surface area contributed by atoms with Gasteiger partial charge in [0, 0.05) is 10.3 Å². The maximum atomic E-state index is 12.7. The van der Waals surface area contributed by atoms with Crippen molar-refractivity contribution in [2.45, 2.75) is 48.9 Å². The number of carbonyl (C=O) groups excluding carboxylic acids is 2. The lowest BCUT2D eigenvalue weighted by Gasteiger charge is -2.51. The highest BCUT2D eigenvalue weighted by Gasteiger charge is 2.70. The number of thioether (sulfide) groups is 1. The van der Waals surface area contributed by atoms with E-state index < -0.39 is 27.7 Å². The Kier molecular flexibility index (Phi) is 4.38. The van der Waals surface area contributed by atoms with Crippen LogP contribution in [0.5, 0.6) is 0 Å². The van der Waals surface area contributed by atoms with Crippen molar-refractivity contribution in [3.05, 3.63) is 48.0 Å². The average molecular weight is 374 g/mol. The molecule has 7 heteroatoms. The van der Waals surface area contributed by atoms with Crippen LogP contribution in [-0.2, 0) is 16.0 Å². The Hall–Kier alpha value is -2.28. The van der Waals surface area contributed by atoms with E-state index in [0.717, 1.165) is 12.0 Å². The molecule has 3 rings (SSSR count). The third kappa shape index (κ3) is 2.70. The number of benzene rings is 1. The van der Waals surface area contributed by atoms with E-state index in [4.69, 9.17) is 0 Å². The Morgan fingerprint density at radius 1 is 1.31 bits per heavy atom. The number of carboxylic acid groups (broad SMARTS) is 1. The highest BCUT2D eigenvalue weighted by atomic mass is 32.2. The number of nitrogens with zero attached hydrogens (tertiary/aromatic N) is 1. The Morgan fingerprint density at radius 3 is 2.46 bits per heavy atom. The van der Waals surface area contributed by atoms with Gasteiger partial charge in [-0.3, -0.25) is 9.59 Å². The van der Waals surface area contributed by atoms with Crippen LogP contribution in [0, 0.1) is 0 Å². The van der Waals surface area contributed by atoms with Crippen molar-refractivity contribution in [1.29, 1.82) is 0 Å². The number of nitrogens with one attached hydrogen (secondary N) is 1. The summed E-state index contributed by atoms with van der Waals surface area (Å²) in [6.07, 6.45) is 2.51. The van der Waals surface area contributed by atoms with Crippen LogP contribution < -0.4 is 5.32 Å². The monoisotopic (exact) mass is 374 g/mol. The largest absolute Gasteiger partial charge is 0.480 e. The van der Waals surface area contributed by atoms with Crippen molar-refractivity contribution < 1.29 is 19.5 Å². The van der Waals surface area contributed by atoms with Gasteiger partial charge in [-0.05, 0) is 44.9 Å². The maximum Gasteiger partial charge on any atom is 0.327 e. The standard InChI is InChI=1S/C19H22N2O4S/c1-5-6-11-7-9-12(10-8-11)14(22)20-19(4)16(25)21-13(15(23)24)18(2,3)26-17(19)21/h5,7-10,13,17H,1,6H2,2-4H3,(H,20,22)(H,23,24)/t13-,17+,19-/m0/s1. The summed E-state index contributed by atoms with van der Waals surface area (Å²) < 4.78 is -0.624. The molecule has 0 spiro atoms. The predicted molar refractivity (Wildman–Crippen MR) is 99.9 cm³/mol. The van der Waals surface area contributed by atoms with Crippen molar-refractivity contribution in [2.75, 3.05) is 0 Å². The van der Waals surface area contributed by atoms with Gasteiger partial charge in [0.2, 0.25) is 0 Å². The van der Waals surface area contributed by atoms with Gasteiger partial charge >= 0.3 is 5.97 Å². The van der Waals surface area contributed by atoms with E-state index in [2.05, 4.69) is 11.9 Å². The number of aliphatic carboxylic acids is 1. The summed E-state index contributed by atoms with van der Waals surface area (Å²) in [5.41, 5.74) is 0.400. The van der Waals surface area contributed by atoms with Crippen LogP contribution >= 0.6 is 11.8 Å². The number of hydrogen-bond donors (Lipinski definition) is 2. The molecule has 0 unspecified atom stereocenters. The van der Waals surface area contributed by atoms with E-state index in [1.54, 1.807) is 25.1 Å². The molecule has 2 saturated heterocycles. The van der Waals surface area contributed by atoms with Gasteiger partial charge in [-0.25, -0.2) is 4.79 Å². The van der Waals surface area contributed by atoms with Crippen LogP contribution in [0.4, 0.5) is 0 Å². The minimum Gasteiger partial charge on any atom is -0.480 e. The fourth-order valence-corrected chi connectivity index (χ4v) is 5.25. The molecule has 2 aliphatic heterocycles. The van der Waals surface area contributed by atoms with Gasteiger partial charge in [-0.1, -0.05) is 18.2 Å². The molecule has 0 aliphatic carbocycles. The van der Waals surface area contributed by atoms with Crippen LogP contribution in [0.2, 0.25) is 0 Å². The number of carbonyl (C=O) groups is 3. The van der Waals surface area contributed by atoms with E-state index >= 15 is 0 Å². The van der Waals surface area contributed by atoms with Gasteiger partial charge in [0.05, 0.1) is 0 Å². The van der Waals surface area contributed by atoms with Gasteiger partial charge in [0.15, 0.2) is 0 Å². The number of carboxylic acids is 1. The first-order valence-corrected chi connectivity index (χ1v) is 9.25. The van der Waals surface area contributed by atoms with Crippen LogP contribution in [0.3, 0.4) is 0 Å². The quantitative estimate of drug-likeness (QED) is 0.608. The van der Waals surface area contributed by atoms with Crippen molar-refractivity contribution in [3.8, 4) is 0 Å². The number of allylic oxidation sites excluding steroid dienone is 1. The number of β-lactam (4-membered cyclic amide) rings is 1. The smallest absolute Gasteiger partial charge is 0.327 e. The predicted octanol–water partition coefficient (Wildman–Crippen LogP) is 2.05. The molecule has 0 saturated carbocycles. The molecule has 2 amide bonds. The Balaban J connectivity index is 1.78. The lowest BCUT2D eigenvalue weighted by Crippen LogP contribution is -2.78. The summed E-state index contributed by atoms with van der Waals surface area (Å²) in [7, 11) is 0. The second-order valence-corrected chi connectivity index (χ2v) is 9.11. The number of hydrogen-bond acceptors (Lipinski definition) is 4. The Morgan fingerprint density at radius 2 is 1.92 bits per heavy atom. The van der Waals surface area contributed by atoms with Gasteiger partial charge in [-0.2, -0.15) is 0 Å². The zero-order chi connectivity index (χ0) is 19.3. The molecular formula is C19H22N2O4S. The minimum atomic E-state index is -1.11. The van der Waals surface area contributed by atoms with Gasteiger partial charge in [0.25, 0.3) is 11.8 Å². The number of amides is 2. The molecule has 3 atom stereocenters. The first kappa shape index (κ1) is 18.5. The van der Waals surface area contributed by atoms with E-state index in [1.165, 1.54) is 16.7 Å². The second-order valence-electron chi connectivity index (χ2n) is 7.37. The zero-order valence-electron chi connectivity index (χ0n) is 15.0. The SMILES string of the molecule is C=CCc1ccc(C(=O)N[C@@]2(C)C(=O)N3[C@@H](C(=O)O)C(C)(C)S[C@@H]32)cc1. The van der Waals surface area contributed by atoms with Crippen LogP contribution in [0.1, 0.15) is 36.7 Å². The average Bonchev–Trinajstić information content (AvgIpc) is 2.85. The van der Waals surface area contributed by atoms with E-state index in [0.29, 0.717) is 5.56 Å². The van der Waals surface area contributed by atoms with Gasteiger partial charge < -0.3 is 15.3 Å². The summed E-state index contributed by atoms with van der Waals surface area (Å²) in [6, 6.07) is 6.23. The van der Waals surface area contributed by atoms with E-state index in [-0.39, 0.29) is 11.8 Å².